The van der Waals surface area contributed by atoms with Crippen molar-refractivity contribution in [3.63, 3.8) is 0 Å². The molecule has 0 saturated heterocycles. The fraction of sp³-hybridized carbons (Fsp3) is 0.0625. The lowest BCUT2D eigenvalue weighted by Gasteiger charge is -2.07. The van der Waals surface area contributed by atoms with E-state index < -0.39 is 0 Å². The molecule has 1 heterocycles. The third-order valence-corrected chi connectivity index (χ3v) is 3.00. The van der Waals surface area contributed by atoms with E-state index in [2.05, 4.69) is 4.98 Å². The van der Waals surface area contributed by atoms with Gasteiger partial charge in [0.2, 0.25) is 5.56 Å². The van der Waals surface area contributed by atoms with Gasteiger partial charge in [0.25, 0.3) is 0 Å². The Hall–Kier alpha value is -2.55. The first kappa shape index (κ1) is 11.5. The standard InChI is InChI=1S/C16H13NO2/c1-11-9-16(18)17-15-8-7-13(10-14(11)15)19-12-5-3-2-4-6-12/h2-10H,1H3,(H,17,18). The lowest BCUT2D eigenvalue weighted by Crippen LogP contribution is -2.04. The average molecular weight is 251 g/mol. The molecule has 0 amide bonds. The van der Waals surface area contributed by atoms with Crippen molar-refractivity contribution in [2.24, 2.45) is 0 Å². The molecule has 0 spiro atoms. The molecule has 3 nitrogen and oxygen atoms in total. The molecular formula is C16H13NO2. The Balaban J connectivity index is 2.05. The van der Waals surface area contributed by atoms with Crippen molar-refractivity contribution in [2.75, 3.05) is 0 Å². The number of hydrogen-bond donors (Lipinski definition) is 1. The van der Waals surface area contributed by atoms with Crippen molar-refractivity contribution in [3.05, 3.63) is 70.5 Å². The number of rotatable bonds is 2. The van der Waals surface area contributed by atoms with Crippen LogP contribution in [-0.2, 0) is 0 Å². The second kappa shape index (κ2) is 4.61. The molecule has 3 aromatic rings. The Morgan fingerprint density at radius 1 is 0.947 bits per heavy atom. The maximum atomic E-state index is 11.4. The molecule has 0 aliphatic rings. The van der Waals surface area contributed by atoms with Gasteiger partial charge in [0.15, 0.2) is 0 Å². The molecule has 0 aliphatic carbocycles. The Bertz CT molecular complexity index is 776. The van der Waals surface area contributed by atoms with Crippen LogP contribution in [0.15, 0.2) is 59.4 Å². The average Bonchev–Trinajstić information content (AvgIpc) is 2.40. The first-order valence-corrected chi connectivity index (χ1v) is 6.09. The van der Waals surface area contributed by atoms with Gasteiger partial charge in [-0.3, -0.25) is 4.79 Å². The first-order chi connectivity index (χ1) is 9.22. The van der Waals surface area contributed by atoms with Gasteiger partial charge in [-0.2, -0.15) is 0 Å². The Morgan fingerprint density at radius 2 is 1.74 bits per heavy atom. The van der Waals surface area contributed by atoms with Crippen LogP contribution in [0.5, 0.6) is 11.5 Å². The number of benzene rings is 2. The number of aromatic amines is 1. The summed E-state index contributed by atoms with van der Waals surface area (Å²) in [5.41, 5.74) is 1.68. The normalized spacial score (nSPS) is 10.6. The number of para-hydroxylation sites is 1. The van der Waals surface area contributed by atoms with Crippen LogP contribution in [-0.4, -0.2) is 4.98 Å². The minimum Gasteiger partial charge on any atom is -0.457 e. The molecule has 94 valence electrons. The predicted octanol–water partition coefficient (Wildman–Crippen LogP) is 3.63. The lowest BCUT2D eigenvalue weighted by molar-refractivity contribution is 0.483. The smallest absolute Gasteiger partial charge is 0.248 e. The molecule has 0 atom stereocenters. The van der Waals surface area contributed by atoms with E-state index in [0.717, 1.165) is 28.0 Å². The molecule has 0 fully saturated rings. The van der Waals surface area contributed by atoms with Gasteiger partial charge in [-0.15, -0.1) is 0 Å². The van der Waals surface area contributed by atoms with Crippen molar-refractivity contribution in [1.29, 1.82) is 0 Å². The molecule has 1 aromatic heterocycles. The number of ether oxygens (including phenoxy) is 1. The van der Waals surface area contributed by atoms with Gasteiger partial charge < -0.3 is 9.72 Å². The van der Waals surface area contributed by atoms with E-state index in [1.165, 1.54) is 0 Å². The van der Waals surface area contributed by atoms with E-state index in [-0.39, 0.29) is 5.56 Å². The molecule has 0 saturated carbocycles. The minimum atomic E-state index is -0.0817. The molecule has 19 heavy (non-hydrogen) atoms. The Kier molecular flexibility index (Phi) is 2.80. The maximum absolute atomic E-state index is 11.4. The molecule has 0 bridgehead atoms. The van der Waals surface area contributed by atoms with Crippen molar-refractivity contribution in [2.45, 2.75) is 6.92 Å². The SMILES string of the molecule is Cc1cc(=O)[nH]c2ccc(Oc3ccccc3)cc12. The maximum Gasteiger partial charge on any atom is 0.248 e. The number of H-pyrrole nitrogens is 1. The fourth-order valence-corrected chi connectivity index (χ4v) is 2.09. The zero-order valence-electron chi connectivity index (χ0n) is 10.5. The molecule has 0 aliphatic heterocycles. The number of hydrogen-bond acceptors (Lipinski definition) is 2. The van der Waals surface area contributed by atoms with E-state index >= 15 is 0 Å². The number of aromatic nitrogens is 1. The third kappa shape index (κ3) is 2.36. The van der Waals surface area contributed by atoms with Crippen LogP contribution in [0.4, 0.5) is 0 Å². The zero-order chi connectivity index (χ0) is 13.2. The van der Waals surface area contributed by atoms with Crippen LogP contribution in [0.25, 0.3) is 10.9 Å². The van der Waals surface area contributed by atoms with Gasteiger partial charge in [-0.05, 0) is 42.8 Å². The number of nitrogens with one attached hydrogen (secondary N) is 1. The van der Waals surface area contributed by atoms with Crippen LogP contribution in [0.2, 0.25) is 0 Å². The monoisotopic (exact) mass is 251 g/mol. The largest absolute Gasteiger partial charge is 0.457 e. The van der Waals surface area contributed by atoms with E-state index in [0.29, 0.717) is 0 Å². The van der Waals surface area contributed by atoms with Gasteiger partial charge >= 0.3 is 0 Å². The van der Waals surface area contributed by atoms with E-state index in [9.17, 15) is 4.79 Å². The lowest BCUT2D eigenvalue weighted by atomic mass is 10.1. The molecule has 0 radical (unpaired) electrons. The van der Waals surface area contributed by atoms with Gasteiger partial charge in [0.05, 0.1) is 0 Å². The molecule has 3 heteroatoms. The van der Waals surface area contributed by atoms with Crippen LogP contribution < -0.4 is 10.3 Å². The number of fused-ring (bicyclic) bond motifs is 1. The van der Waals surface area contributed by atoms with Gasteiger partial charge in [0, 0.05) is 17.0 Å². The second-order valence-corrected chi connectivity index (χ2v) is 4.44. The topological polar surface area (TPSA) is 42.1 Å². The highest BCUT2D eigenvalue weighted by Crippen LogP contribution is 2.25. The van der Waals surface area contributed by atoms with Crippen molar-refractivity contribution < 1.29 is 4.74 Å². The molecule has 1 N–H and O–H groups in total. The second-order valence-electron chi connectivity index (χ2n) is 4.44. The van der Waals surface area contributed by atoms with Gasteiger partial charge in [-0.25, -0.2) is 0 Å². The van der Waals surface area contributed by atoms with Crippen LogP contribution in [0.3, 0.4) is 0 Å². The zero-order valence-corrected chi connectivity index (χ0v) is 10.5. The van der Waals surface area contributed by atoms with Gasteiger partial charge in [-0.1, -0.05) is 18.2 Å². The number of pyridine rings is 1. The predicted molar refractivity (Wildman–Crippen MR) is 75.8 cm³/mol. The summed E-state index contributed by atoms with van der Waals surface area (Å²) in [7, 11) is 0. The van der Waals surface area contributed by atoms with Crippen LogP contribution >= 0.6 is 0 Å². The van der Waals surface area contributed by atoms with Crippen molar-refractivity contribution in [1.82, 2.24) is 4.98 Å². The quantitative estimate of drug-likeness (QED) is 0.755. The van der Waals surface area contributed by atoms with Crippen molar-refractivity contribution in [3.8, 4) is 11.5 Å². The third-order valence-electron chi connectivity index (χ3n) is 3.00. The van der Waals surface area contributed by atoms with E-state index in [1.807, 2.05) is 55.5 Å². The summed E-state index contributed by atoms with van der Waals surface area (Å²) in [4.78, 5) is 14.2. The van der Waals surface area contributed by atoms with E-state index in [4.69, 9.17) is 4.74 Å². The van der Waals surface area contributed by atoms with Crippen molar-refractivity contribution >= 4 is 10.9 Å². The van der Waals surface area contributed by atoms with Crippen LogP contribution in [0.1, 0.15) is 5.56 Å². The Morgan fingerprint density at radius 3 is 2.53 bits per heavy atom. The summed E-state index contributed by atoms with van der Waals surface area (Å²) < 4.78 is 5.78. The first-order valence-electron chi connectivity index (χ1n) is 6.09. The molecular weight excluding hydrogens is 238 g/mol. The Labute approximate surface area is 110 Å². The number of aryl methyl sites for hydroxylation is 1. The highest BCUT2D eigenvalue weighted by molar-refractivity contribution is 5.83. The molecule has 3 rings (SSSR count). The van der Waals surface area contributed by atoms with Gasteiger partial charge in [0.1, 0.15) is 11.5 Å². The summed E-state index contributed by atoms with van der Waals surface area (Å²) in [5, 5.41) is 0.994. The fourth-order valence-electron chi connectivity index (χ4n) is 2.09. The van der Waals surface area contributed by atoms with Crippen LogP contribution in [0, 0.1) is 6.92 Å². The summed E-state index contributed by atoms with van der Waals surface area (Å²) in [6.07, 6.45) is 0. The summed E-state index contributed by atoms with van der Waals surface area (Å²) in [5.74, 6) is 1.55. The summed E-state index contributed by atoms with van der Waals surface area (Å²) >= 11 is 0. The molecule has 0 unspecified atom stereocenters. The van der Waals surface area contributed by atoms with E-state index in [1.54, 1.807) is 6.07 Å². The summed E-state index contributed by atoms with van der Waals surface area (Å²) in [6.45, 7) is 1.92. The highest BCUT2D eigenvalue weighted by Gasteiger charge is 2.03. The highest BCUT2D eigenvalue weighted by atomic mass is 16.5. The minimum absolute atomic E-state index is 0.0817. The summed E-state index contributed by atoms with van der Waals surface area (Å²) in [6, 6.07) is 16.9. The molecule has 2 aromatic carbocycles.